The summed E-state index contributed by atoms with van der Waals surface area (Å²) in [5, 5.41) is 6.86. The molecule has 0 radical (unpaired) electrons. The third-order valence-corrected chi connectivity index (χ3v) is 7.87. The molecule has 0 fully saturated rings. The van der Waals surface area contributed by atoms with Crippen LogP contribution in [-0.4, -0.2) is 20.9 Å². The molecule has 33 heavy (non-hydrogen) atoms. The molecule has 3 heterocycles. The molecule has 5 aromatic rings. The van der Waals surface area contributed by atoms with E-state index in [-0.39, 0.29) is 5.91 Å². The topological polar surface area (TPSA) is 59.0 Å². The number of hydrogen-bond acceptors (Lipinski definition) is 7. The van der Waals surface area contributed by atoms with Gasteiger partial charge in [0, 0.05) is 29.0 Å². The molecule has 0 saturated heterocycles. The highest BCUT2D eigenvalue weighted by Gasteiger charge is 2.19. The summed E-state index contributed by atoms with van der Waals surface area (Å²) in [6.45, 7) is 3.58. The summed E-state index contributed by atoms with van der Waals surface area (Å²) < 4.78 is 0. The van der Waals surface area contributed by atoms with E-state index in [9.17, 15) is 4.79 Å². The number of carbonyl (C=O) groups excluding carboxylic acids is 1. The maximum atomic E-state index is 12.4. The largest absolute Gasteiger partial charge is 0.274 e. The van der Waals surface area contributed by atoms with Crippen molar-refractivity contribution in [1.29, 1.82) is 0 Å². The number of amides is 1. The van der Waals surface area contributed by atoms with Crippen LogP contribution in [0.4, 0.5) is 10.8 Å². The lowest BCUT2D eigenvalue weighted by molar-refractivity contribution is -0.115. The van der Waals surface area contributed by atoms with Crippen molar-refractivity contribution in [2.45, 2.75) is 24.6 Å². The number of hydrogen-bond donors (Lipinski definition) is 0. The highest BCUT2D eigenvalue weighted by atomic mass is 32.2. The number of fused-ring (bicyclic) bond motifs is 1. The van der Waals surface area contributed by atoms with Crippen LogP contribution in [0.25, 0.3) is 21.3 Å². The summed E-state index contributed by atoms with van der Waals surface area (Å²) in [6.07, 6.45) is 1.62. The van der Waals surface area contributed by atoms with E-state index >= 15 is 0 Å². The predicted molar refractivity (Wildman–Crippen MR) is 139 cm³/mol. The van der Waals surface area contributed by atoms with E-state index in [2.05, 4.69) is 27.5 Å². The highest BCUT2D eigenvalue weighted by Crippen LogP contribution is 2.39. The van der Waals surface area contributed by atoms with Crippen molar-refractivity contribution in [2.24, 2.45) is 0 Å². The van der Waals surface area contributed by atoms with Crippen LogP contribution < -0.4 is 4.90 Å². The molecule has 1 amide bonds. The van der Waals surface area contributed by atoms with E-state index in [0.29, 0.717) is 10.9 Å². The number of nitrogens with zero attached hydrogens (tertiary/aromatic N) is 4. The Morgan fingerprint density at radius 3 is 2.67 bits per heavy atom. The molecule has 0 saturated carbocycles. The summed E-state index contributed by atoms with van der Waals surface area (Å²) in [5.74, 6) is 0.601. The van der Waals surface area contributed by atoms with Gasteiger partial charge in [0.1, 0.15) is 16.2 Å². The Labute approximate surface area is 204 Å². The van der Waals surface area contributed by atoms with Gasteiger partial charge in [-0.2, -0.15) is 0 Å². The predicted octanol–water partition coefficient (Wildman–Crippen LogP) is 7.10. The van der Waals surface area contributed by atoms with Gasteiger partial charge in [0.15, 0.2) is 5.13 Å². The number of anilines is 2. The maximum Gasteiger partial charge on any atom is 0.230 e. The molecule has 0 unspecified atom stereocenters. The van der Waals surface area contributed by atoms with Gasteiger partial charge in [0.05, 0.1) is 16.8 Å². The molecule has 0 aliphatic heterocycles. The Bertz CT molecular complexity index is 1430. The first-order chi connectivity index (χ1) is 16.1. The van der Waals surface area contributed by atoms with Gasteiger partial charge in [-0.3, -0.25) is 9.69 Å². The van der Waals surface area contributed by atoms with E-state index in [1.54, 1.807) is 41.2 Å². The number of thiophene rings is 1. The second kappa shape index (κ2) is 9.43. The molecular formula is C25H20N4OS3. The maximum absolute atomic E-state index is 12.4. The lowest BCUT2D eigenvalue weighted by Gasteiger charge is -2.18. The third-order valence-electron chi connectivity index (χ3n) is 5.08. The molecule has 8 heteroatoms. The smallest absolute Gasteiger partial charge is 0.230 e. The molecule has 164 valence electrons. The third kappa shape index (κ3) is 4.55. The number of rotatable bonds is 6. The van der Waals surface area contributed by atoms with Crippen LogP contribution in [-0.2, 0) is 10.5 Å². The Hall–Kier alpha value is -3.07. The Balaban J connectivity index is 1.41. The van der Waals surface area contributed by atoms with Gasteiger partial charge < -0.3 is 0 Å². The molecule has 0 aliphatic rings. The van der Waals surface area contributed by atoms with Crippen molar-refractivity contribution in [1.82, 2.24) is 15.0 Å². The average molecular weight is 489 g/mol. The summed E-state index contributed by atoms with van der Waals surface area (Å²) in [4.78, 5) is 28.9. The zero-order valence-electron chi connectivity index (χ0n) is 18.1. The molecule has 5 nitrogen and oxygen atoms in total. The molecule has 3 aromatic heterocycles. The molecule has 5 rings (SSSR count). The lowest BCUT2D eigenvalue weighted by atomic mass is 10.1. The summed E-state index contributed by atoms with van der Waals surface area (Å²) in [5.41, 5.74) is 5.16. The molecule has 0 aliphatic carbocycles. The van der Waals surface area contributed by atoms with Gasteiger partial charge in [-0.15, -0.1) is 22.7 Å². The highest BCUT2D eigenvalue weighted by molar-refractivity contribution is 7.98. The molecule has 0 atom stereocenters. The second-order valence-corrected chi connectivity index (χ2v) is 10.1. The molecule has 0 N–H and O–H groups in total. The molecule has 0 bridgehead atoms. The first kappa shape index (κ1) is 21.8. The minimum Gasteiger partial charge on any atom is -0.274 e. The number of aromatic nitrogens is 3. The van der Waals surface area contributed by atoms with E-state index in [1.165, 1.54) is 11.3 Å². The van der Waals surface area contributed by atoms with E-state index < -0.39 is 0 Å². The quantitative estimate of drug-likeness (QED) is 0.188. The van der Waals surface area contributed by atoms with Crippen molar-refractivity contribution >= 4 is 61.4 Å². The van der Waals surface area contributed by atoms with Crippen LogP contribution in [0.1, 0.15) is 18.2 Å². The number of thiazole rings is 1. The average Bonchev–Trinajstić information content (AvgIpc) is 3.46. The fraction of sp³-hybridized carbons (Fsp3) is 0.120. The van der Waals surface area contributed by atoms with Crippen LogP contribution in [0, 0.1) is 6.92 Å². The first-order valence-corrected chi connectivity index (χ1v) is 13.1. The zero-order valence-corrected chi connectivity index (χ0v) is 20.5. The Kier molecular flexibility index (Phi) is 6.22. The monoisotopic (exact) mass is 488 g/mol. The number of thioether (sulfide) groups is 1. The van der Waals surface area contributed by atoms with Crippen molar-refractivity contribution in [2.75, 3.05) is 4.90 Å². The van der Waals surface area contributed by atoms with Gasteiger partial charge in [-0.25, -0.2) is 15.0 Å². The summed E-state index contributed by atoms with van der Waals surface area (Å²) in [7, 11) is 0. The van der Waals surface area contributed by atoms with Gasteiger partial charge in [-0.1, -0.05) is 54.2 Å². The Morgan fingerprint density at radius 1 is 1.03 bits per heavy atom. The van der Waals surface area contributed by atoms with Crippen LogP contribution in [0.3, 0.4) is 0 Å². The Morgan fingerprint density at radius 2 is 1.88 bits per heavy atom. The molecule has 0 spiro atoms. The van der Waals surface area contributed by atoms with E-state index in [1.807, 2.05) is 54.8 Å². The minimum absolute atomic E-state index is 0.0579. The number of aryl methyl sites for hydroxylation is 1. The first-order valence-electron chi connectivity index (χ1n) is 10.3. The SMILES string of the molecule is CC(=O)N(c1cccc(C)c1)c1nc(CSc2ncnc3scc(-c4ccccc4)c23)cs1. The van der Waals surface area contributed by atoms with Crippen LogP contribution in [0.2, 0.25) is 0 Å². The standard InChI is InChI=1S/C25H20N4OS3/c1-16-7-6-10-20(11-16)29(17(2)30)25-28-19(13-33-25)12-31-23-22-21(18-8-4-3-5-9-18)14-32-24(22)27-15-26-23/h3-11,13-15H,12H2,1-2H3. The minimum atomic E-state index is -0.0579. The van der Waals surface area contributed by atoms with Gasteiger partial charge in [0.25, 0.3) is 0 Å². The number of benzene rings is 2. The molecular weight excluding hydrogens is 469 g/mol. The van der Waals surface area contributed by atoms with Crippen LogP contribution in [0.15, 0.2) is 76.7 Å². The van der Waals surface area contributed by atoms with Crippen molar-refractivity contribution in [3.8, 4) is 11.1 Å². The fourth-order valence-corrected chi connectivity index (χ4v) is 6.47. The molecule has 2 aromatic carbocycles. The normalized spacial score (nSPS) is 11.1. The second-order valence-electron chi connectivity index (χ2n) is 7.48. The van der Waals surface area contributed by atoms with Crippen LogP contribution in [0.5, 0.6) is 0 Å². The van der Waals surface area contributed by atoms with Crippen molar-refractivity contribution in [3.63, 3.8) is 0 Å². The summed E-state index contributed by atoms with van der Waals surface area (Å²) in [6, 6.07) is 18.2. The fourth-order valence-electron chi connectivity index (χ4n) is 3.59. The van der Waals surface area contributed by atoms with Gasteiger partial charge in [0.2, 0.25) is 5.91 Å². The lowest BCUT2D eigenvalue weighted by Crippen LogP contribution is -2.22. The van der Waals surface area contributed by atoms with Crippen molar-refractivity contribution < 1.29 is 4.79 Å². The van der Waals surface area contributed by atoms with E-state index in [4.69, 9.17) is 4.98 Å². The van der Waals surface area contributed by atoms with Crippen molar-refractivity contribution in [3.05, 3.63) is 82.9 Å². The summed E-state index contributed by atoms with van der Waals surface area (Å²) >= 11 is 4.75. The van der Waals surface area contributed by atoms with E-state index in [0.717, 1.165) is 43.3 Å². The number of carbonyl (C=O) groups is 1. The van der Waals surface area contributed by atoms with Gasteiger partial charge >= 0.3 is 0 Å². The zero-order chi connectivity index (χ0) is 22.8. The van der Waals surface area contributed by atoms with Gasteiger partial charge in [-0.05, 0) is 30.2 Å². The van der Waals surface area contributed by atoms with Crippen LogP contribution >= 0.6 is 34.4 Å².